The summed E-state index contributed by atoms with van der Waals surface area (Å²) in [5, 5.41) is 11.8. The summed E-state index contributed by atoms with van der Waals surface area (Å²) < 4.78 is 27.6. The van der Waals surface area contributed by atoms with Crippen LogP contribution in [0, 0.1) is 10.1 Å². The predicted molar refractivity (Wildman–Crippen MR) is 114 cm³/mol. The molecule has 0 amide bonds. The van der Waals surface area contributed by atoms with Gasteiger partial charge in [-0.25, -0.2) is 8.42 Å². The maximum Gasteiger partial charge on any atom is 0.293 e. The van der Waals surface area contributed by atoms with E-state index in [-0.39, 0.29) is 16.6 Å². The Labute approximate surface area is 173 Å². The van der Waals surface area contributed by atoms with Crippen molar-refractivity contribution in [1.29, 1.82) is 0 Å². The van der Waals surface area contributed by atoms with E-state index >= 15 is 0 Å². The van der Waals surface area contributed by atoms with Crippen LogP contribution in [-0.4, -0.2) is 68.4 Å². The third-order valence-electron chi connectivity index (χ3n) is 6.28. The van der Waals surface area contributed by atoms with Crippen molar-refractivity contribution in [3.05, 3.63) is 28.3 Å². The van der Waals surface area contributed by atoms with Gasteiger partial charge in [0.25, 0.3) is 5.69 Å². The number of hydrogen-bond acceptors (Lipinski definition) is 6. The maximum atomic E-state index is 13.1. The lowest BCUT2D eigenvalue weighted by molar-refractivity contribution is -0.384. The van der Waals surface area contributed by atoms with Gasteiger partial charge in [-0.05, 0) is 44.4 Å². The zero-order valence-electron chi connectivity index (χ0n) is 17.4. The Morgan fingerprint density at radius 2 is 1.72 bits per heavy atom. The highest BCUT2D eigenvalue weighted by Gasteiger charge is 2.30. The van der Waals surface area contributed by atoms with Crippen molar-refractivity contribution in [2.24, 2.45) is 0 Å². The molecule has 2 aliphatic heterocycles. The van der Waals surface area contributed by atoms with Crippen molar-refractivity contribution in [3.63, 3.8) is 0 Å². The number of nitro benzene ring substituents is 1. The third-order valence-corrected chi connectivity index (χ3v) is 8.17. The molecule has 0 aromatic heterocycles. The van der Waals surface area contributed by atoms with Gasteiger partial charge in [0, 0.05) is 45.3 Å². The van der Waals surface area contributed by atoms with Gasteiger partial charge in [0.15, 0.2) is 0 Å². The lowest BCUT2D eigenvalue weighted by Gasteiger charge is -2.37. The van der Waals surface area contributed by atoms with Crippen molar-refractivity contribution < 1.29 is 13.3 Å². The lowest BCUT2D eigenvalue weighted by Crippen LogP contribution is -2.43. The Bertz CT molecular complexity index is 814. The van der Waals surface area contributed by atoms with E-state index in [9.17, 15) is 18.5 Å². The molecule has 2 saturated heterocycles. The second kappa shape index (κ2) is 9.40. The molecule has 9 heteroatoms. The van der Waals surface area contributed by atoms with Crippen LogP contribution in [0.5, 0.6) is 0 Å². The zero-order valence-corrected chi connectivity index (χ0v) is 18.2. The molecule has 162 valence electrons. The molecule has 0 saturated carbocycles. The van der Waals surface area contributed by atoms with Crippen LogP contribution in [0.4, 0.5) is 11.4 Å². The van der Waals surface area contributed by atoms with Crippen molar-refractivity contribution in [1.82, 2.24) is 9.21 Å². The Balaban J connectivity index is 1.86. The van der Waals surface area contributed by atoms with Gasteiger partial charge < -0.3 is 9.80 Å². The number of piperidine rings is 1. The van der Waals surface area contributed by atoms with E-state index in [2.05, 4.69) is 11.8 Å². The van der Waals surface area contributed by atoms with Crippen molar-refractivity contribution >= 4 is 21.4 Å². The van der Waals surface area contributed by atoms with E-state index in [4.69, 9.17) is 0 Å². The summed E-state index contributed by atoms with van der Waals surface area (Å²) in [6.07, 6.45) is 5.58. The number of hydrogen-bond donors (Lipinski definition) is 0. The number of rotatable bonds is 6. The molecule has 8 nitrogen and oxygen atoms in total. The summed E-state index contributed by atoms with van der Waals surface area (Å²) in [7, 11) is -1.84. The topological polar surface area (TPSA) is 87.0 Å². The van der Waals surface area contributed by atoms with Gasteiger partial charge in [0.2, 0.25) is 10.0 Å². The SMILES string of the molecule is CCN1CCC(N(C)c2ccc(S(=O)(=O)N3CCCCCC3)cc2[N+](=O)[O-])CC1. The van der Waals surface area contributed by atoms with Gasteiger partial charge in [-0.15, -0.1) is 0 Å². The maximum absolute atomic E-state index is 13.1. The fraction of sp³-hybridized carbons (Fsp3) is 0.700. The fourth-order valence-electron chi connectivity index (χ4n) is 4.36. The molecule has 2 fully saturated rings. The number of benzene rings is 1. The second-order valence-electron chi connectivity index (χ2n) is 8.00. The quantitative estimate of drug-likeness (QED) is 0.515. The van der Waals surface area contributed by atoms with Gasteiger partial charge in [-0.3, -0.25) is 10.1 Å². The van der Waals surface area contributed by atoms with E-state index in [1.807, 2.05) is 11.9 Å². The third kappa shape index (κ3) is 4.90. The van der Waals surface area contributed by atoms with Crippen molar-refractivity contribution in [2.45, 2.75) is 56.4 Å². The van der Waals surface area contributed by atoms with Crippen LogP contribution >= 0.6 is 0 Å². The van der Waals surface area contributed by atoms with Crippen LogP contribution < -0.4 is 4.90 Å². The molecule has 1 aromatic rings. The number of likely N-dealkylation sites (tertiary alicyclic amines) is 1. The average molecular weight is 425 g/mol. The molecule has 2 aliphatic rings. The first-order valence-electron chi connectivity index (χ1n) is 10.6. The Kier molecular flexibility index (Phi) is 7.13. The number of nitrogens with zero attached hydrogens (tertiary/aromatic N) is 4. The highest BCUT2D eigenvalue weighted by atomic mass is 32.2. The van der Waals surface area contributed by atoms with Gasteiger partial charge >= 0.3 is 0 Å². The Morgan fingerprint density at radius 1 is 1.10 bits per heavy atom. The summed E-state index contributed by atoms with van der Waals surface area (Å²) >= 11 is 0. The van der Waals surface area contributed by atoms with Crippen LogP contribution in [0.15, 0.2) is 23.1 Å². The lowest BCUT2D eigenvalue weighted by atomic mass is 10.0. The molecule has 0 aliphatic carbocycles. The van der Waals surface area contributed by atoms with Crippen LogP contribution in [0.3, 0.4) is 0 Å². The number of sulfonamides is 1. The first kappa shape index (κ1) is 22.0. The zero-order chi connectivity index (χ0) is 21.0. The highest BCUT2D eigenvalue weighted by molar-refractivity contribution is 7.89. The molecular weight excluding hydrogens is 392 g/mol. The molecule has 1 aromatic carbocycles. The first-order chi connectivity index (χ1) is 13.8. The van der Waals surface area contributed by atoms with Gasteiger partial charge in [-0.2, -0.15) is 4.31 Å². The Hall–Kier alpha value is -1.71. The highest BCUT2D eigenvalue weighted by Crippen LogP contribution is 2.34. The van der Waals surface area contributed by atoms with Crippen molar-refractivity contribution in [2.75, 3.05) is 44.7 Å². The van der Waals surface area contributed by atoms with Crippen LogP contribution in [0.25, 0.3) is 0 Å². The summed E-state index contributed by atoms with van der Waals surface area (Å²) in [6.45, 7) is 6.06. The van der Waals surface area contributed by atoms with E-state index in [0.717, 1.165) is 58.2 Å². The molecule has 29 heavy (non-hydrogen) atoms. The first-order valence-corrected chi connectivity index (χ1v) is 12.0. The summed E-state index contributed by atoms with van der Waals surface area (Å²) in [5.41, 5.74) is 0.348. The van der Waals surface area contributed by atoms with E-state index in [1.54, 1.807) is 6.07 Å². The molecule has 0 atom stereocenters. The van der Waals surface area contributed by atoms with Crippen molar-refractivity contribution in [3.8, 4) is 0 Å². The molecule has 3 rings (SSSR count). The minimum Gasteiger partial charge on any atom is -0.366 e. The average Bonchev–Trinajstić information content (AvgIpc) is 3.03. The molecule has 0 unspecified atom stereocenters. The summed E-state index contributed by atoms with van der Waals surface area (Å²) in [4.78, 5) is 15.7. The van der Waals surface area contributed by atoms with Gasteiger partial charge in [0.05, 0.1) is 9.82 Å². The van der Waals surface area contributed by atoms with E-state index in [1.165, 1.54) is 16.4 Å². The molecular formula is C20H32N4O4S. The van der Waals surface area contributed by atoms with E-state index in [0.29, 0.717) is 18.8 Å². The normalized spacial score (nSPS) is 20.3. The van der Waals surface area contributed by atoms with E-state index < -0.39 is 14.9 Å². The monoisotopic (exact) mass is 424 g/mol. The minimum absolute atomic E-state index is 0.0176. The minimum atomic E-state index is -3.72. The largest absolute Gasteiger partial charge is 0.366 e. The molecule has 2 heterocycles. The Morgan fingerprint density at radius 3 is 2.28 bits per heavy atom. The molecule has 0 N–H and O–H groups in total. The summed E-state index contributed by atoms with van der Waals surface area (Å²) in [5.74, 6) is 0. The van der Waals surface area contributed by atoms with Crippen LogP contribution in [-0.2, 0) is 10.0 Å². The molecule has 0 bridgehead atoms. The van der Waals surface area contributed by atoms with Crippen LogP contribution in [0.1, 0.15) is 45.4 Å². The molecule has 0 radical (unpaired) electrons. The predicted octanol–water partition coefficient (Wildman–Crippen LogP) is 3.08. The summed E-state index contributed by atoms with van der Waals surface area (Å²) in [6, 6.07) is 4.59. The standard InChI is InChI=1S/C20H32N4O4S/c1-3-22-14-10-17(11-15-22)21(2)19-9-8-18(16-20(19)24(25)26)29(27,28)23-12-6-4-5-7-13-23/h8-9,16-17H,3-7,10-15H2,1-2H3. The second-order valence-corrected chi connectivity index (χ2v) is 9.94. The van der Waals surface area contributed by atoms with Gasteiger partial charge in [-0.1, -0.05) is 19.8 Å². The molecule has 0 spiro atoms. The number of nitro groups is 1. The van der Waals surface area contributed by atoms with Gasteiger partial charge in [0.1, 0.15) is 5.69 Å². The fourth-order valence-corrected chi connectivity index (χ4v) is 5.90. The number of anilines is 1. The smallest absolute Gasteiger partial charge is 0.293 e. The van der Waals surface area contributed by atoms with Crippen LogP contribution in [0.2, 0.25) is 0 Å².